The number of alkyl halides is 7. The standard InChI is InChI=1S/C20H14ClF7N4O2/c21-14-7-6-13(8-12(14)9-34-10-18(22,23)19(24,25)20(26,27)28)32-17(11-4-2-1-3-5-11)30-16(31-32)15(29)33/h1-8H,9-10H2,(H2,29,33). The monoisotopic (exact) mass is 510 g/mol. The Morgan fingerprint density at radius 3 is 2.26 bits per heavy atom. The summed E-state index contributed by atoms with van der Waals surface area (Å²) < 4.78 is 95.5. The molecule has 0 saturated carbocycles. The van der Waals surface area contributed by atoms with Crippen molar-refractivity contribution in [3.63, 3.8) is 0 Å². The van der Waals surface area contributed by atoms with E-state index in [1.54, 1.807) is 30.3 Å². The minimum Gasteiger partial charge on any atom is -0.370 e. The molecule has 2 N–H and O–H groups in total. The van der Waals surface area contributed by atoms with E-state index in [-0.39, 0.29) is 27.9 Å². The molecule has 0 spiro atoms. The van der Waals surface area contributed by atoms with Gasteiger partial charge in [-0.25, -0.2) is 9.67 Å². The molecule has 0 radical (unpaired) electrons. The van der Waals surface area contributed by atoms with Gasteiger partial charge in [0.2, 0.25) is 5.82 Å². The topological polar surface area (TPSA) is 83.0 Å². The van der Waals surface area contributed by atoms with Crippen molar-refractivity contribution in [2.45, 2.75) is 24.6 Å². The predicted molar refractivity (Wildman–Crippen MR) is 106 cm³/mol. The number of nitrogens with zero attached hydrogens (tertiary/aromatic N) is 3. The molecule has 1 heterocycles. The number of amides is 1. The highest BCUT2D eigenvalue weighted by molar-refractivity contribution is 6.31. The van der Waals surface area contributed by atoms with Gasteiger partial charge in [-0.1, -0.05) is 41.9 Å². The summed E-state index contributed by atoms with van der Waals surface area (Å²) in [6.45, 7) is -3.04. The van der Waals surface area contributed by atoms with Crippen LogP contribution in [0.1, 0.15) is 16.2 Å². The minimum absolute atomic E-state index is 0.0274. The van der Waals surface area contributed by atoms with E-state index in [0.29, 0.717) is 5.56 Å². The zero-order valence-corrected chi connectivity index (χ0v) is 17.5. The van der Waals surface area contributed by atoms with Crippen molar-refractivity contribution < 1.29 is 40.3 Å². The molecule has 0 aliphatic carbocycles. The molecule has 34 heavy (non-hydrogen) atoms. The molecule has 0 unspecified atom stereocenters. The average molecular weight is 511 g/mol. The Morgan fingerprint density at radius 2 is 1.68 bits per heavy atom. The molecule has 0 fully saturated rings. The fourth-order valence-corrected chi connectivity index (χ4v) is 2.93. The number of hydrogen-bond donors (Lipinski definition) is 1. The Bertz CT molecular complexity index is 1180. The lowest BCUT2D eigenvalue weighted by Gasteiger charge is -2.27. The first-order valence-electron chi connectivity index (χ1n) is 9.26. The van der Waals surface area contributed by atoms with Crippen LogP contribution in [0.2, 0.25) is 5.02 Å². The van der Waals surface area contributed by atoms with Crippen LogP contribution in [0.3, 0.4) is 0 Å². The summed E-state index contributed by atoms with van der Waals surface area (Å²) >= 11 is 5.99. The van der Waals surface area contributed by atoms with Crippen molar-refractivity contribution in [2.75, 3.05) is 6.61 Å². The number of nitrogens with two attached hydrogens (primary N) is 1. The van der Waals surface area contributed by atoms with Gasteiger partial charge in [-0.05, 0) is 23.8 Å². The fourth-order valence-electron chi connectivity index (χ4n) is 2.76. The van der Waals surface area contributed by atoms with Crippen LogP contribution in [0.5, 0.6) is 0 Å². The zero-order chi connectivity index (χ0) is 25.3. The van der Waals surface area contributed by atoms with E-state index in [2.05, 4.69) is 14.8 Å². The normalized spacial score (nSPS) is 12.7. The third-order valence-corrected chi connectivity index (χ3v) is 4.86. The molecule has 0 aliphatic heterocycles. The molecule has 1 aromatic heterocycles. The van der Waals surface area contributed by atoms with Crippen LogP contribution in [0.25, 0.3) is 17.1 Å². The van der Waals surface area contributed by atoms with Gasteiger partial charge in [-0.3, -0.25) is 4.79 Å². The summed E-state index contributed by atoms with van der Waals surface area (Å²) in [5, 5.41) is 3.96. The van der Waals surface area contributed by atoms with Crippen molar-refractivity contribution in [1.82, 2.24) is 14.8 Å². The van der Waals surface area contributed by atoms with Gasteiger partial charge in [0, 0.05) is 10.6 Å². The van der Waals surface area contributed by atoms with Crippen molar-refractivity contribution >= 4 is 17.5 Å². The smallest absolute Gasteiger partial charge is 0.370 e. The summed E-state index contributed by atoms with van der Waals surface area (Å²) in [6.07, 6.45) is -6.46. The number of rotatable bonds is 8. The first-order chi connectivity index (χ1) is 15.7. The Morgan fingerprint density at radius 1 is 1.03 bits per heavy atom. The molecular formula is C20H14ClF7N4O2. The van der Waals surface area contributed by atoms with Gasteiger partial charge in [0.25, 0.3) is 5.91 Å². The van der Waals surface area contributed by atoms with E-state index in [0.717, 1.165) is 0 Å². The Hall–Kier alpha value is -3.19. The molecule has 3 aromatic rings. The van der Waals surface area contributed by atoms with Crippen molar-refractivity contribution in [2.24, 2.45) is 5.73 Å². The van der Waals surface area contributed by atoms with E-state index < -0.39 is 37.1 Å². The van der Waals surface area contributed by atoms with E-state index in [1.165, 1.54) is 22.9 Å². The molecule has 0 atom stereocenters. The number of ether oxygens (including phenoxy) is 1. The Balaban J connectivity index is 1.89. The molecule has 0 aliphatic rings. The SMILES string of the molecule is NC(=O)c1nc(-c2ccccc2)n(-c2ccc(Cl)c(COCC(F)(F)C(F)(F)C(F)(F)F)c2)n1. The average Bonchev–Trinajstić information content (AvgIpc) is 3.20. The summed E-state index contributed by atoms with van der Waals surface area (Å²) in [4.78, 5) is 15.6. The quantitative estimate of drug-likeness (QED) is 0.431. The minimum atomic E-state index is -6.46. The molecule has 0 bridgehead atoms. The number of carbonyl (C=O) groups is 1. The first kappa shape index (κ1) is 25.4. The van der Waals surface area contributed by atoms with Crippen LogP contribution >= 0.6 is 11.6 Å². The summed E-state index contributed by atoms with van der Waals surface area (Å²) in [5.41, 5.74) is 5.95. The number of carbonyl (C=O) groups excluding carboxylic acids is 1. The van der Waals surface area contributed by atoms with Gasteiger partial charge >= 0.3 is 18.0 Å². The van der Waals surface area contributed by atoms with Gasteiger partial charge < -0.3 is 10.5 Å². The zero-order valence-electron chi connectivity index (χ0n) is 16.8. The molecule has 1 amide bonds. The van der Waals surface area contributed by atoms with Crippen LogP contribution in [-0.4, -0.2) is 45.3 Å². The number of benzene rings is 2. The molecule has 14 heteroatoms. The summed E-state index contributed by atoms with van der Waals surface area (Å²) in [6, 6.07) is 12.4. The number of aromatic nitrogens is 3. The van der Waals surface area contributed by atoms with E-state index in [4.69, 9.17) is 17.3 Å². The largest absolute Gasteiger partial charge is 0.459 e. The van der Waals surface area contributed by atoms with E-state index in [9.17, 15) is 35.5 Å². The molecule has 6 nitrogen and oxygen atoms in total. The molecule has 182 valence electrons. The van der Waals surface area contributed by atoms with E-state index in [1.807, 2.05) is 0 Å². The second kappa shape index (κ2) is 9.22. The predicted octanol–water partition coefficient (Wildman–Crippen LogP) is 5.04. The lowest BCUT2D eigenvalue weighted by Crippen LogP contribution is -2.54. The van der Waals surface area contributed by atoms with Gasteiger partial charge in [-0.15, -0.1) is 5.10 Å². The number of primary amides is 1. The van der Waals surface area contributed by atoms with Crippen molar-refractivity contribution in [1.29, 1.82) is 0 Å². The third kappa shape index (κ3) is 4.99. The summed E-state index contributed by atoms with van der Waals surface area (Å²) in [7, 11) is 0. The molecular weight excluding hydrogens is 497 g/mol. The highest BCUT2D eigenvalue weighted by atomic mass is 35.5. The highest BCUT2D eigenvalue weighted by Crippen LogP contribution is 2.46. The van der Waals surface area contributed by atoms with E-state index >= 15 is 0 Å². The van der Waals surface area contributed by atoms with Crippen LogP contribution in [0.4, 0.5) is 30.7 Å². The molecule has 0 saturated heterocycles. The second-order valence-electron chi connectivity index (χ2n) is 6.95. The Kier molecular flexibility index (Phi) is 6.90. The van der Waals surface area contributed by atoms with Crippen LogP contribution in [0.15, 0.2) is 48.5 Å². The van der Waals surface area contributed by atoms with Crippen LogP contribution in [-0.2, 0) is 11.3 Å². The van der Waals surface area contributed by atoms with Crippen LogP contribution < -0.4 is 5.73 Å². The molecule has 2 aromatic carbocycles. The maximum atomic E-state index is 13.5. The van der Waals surface area contributed by atoms with Crippen molar-refractivity contribution in [3.8, 4) is 17.1 Å². The maximum absolute atomic E-state index is 13.5. The van der Waals surface area contributed by atoms with Gasteiger partial charge in [0.05, 0.1) is 12.3 Å². The third-order valence-electron chi connectivity index (χ3n) is 4.49. The van der Waals surface area contributed by atoms with Crippen LogP contribution in [0, 0.1) is 0 Å². The van der Waals surface area contributed by atoms with Gasteiger partial charge in [0.1, 0.15) is 6.61 Å². The van der Waals surface area contributed by atoms with Crippen molar-refractivity contribution in [3.05, 3.63) is 64.9 Å². The Labute approximate surface area is 192 Å². The second-order valence-corrected chi connectivity index (χ2v) is 7.35. The first-order valence-corrected chi connectivity index (χ1v) is 9.63. The lowest BCUT2D eigenvalue weighted by atomic mass is 10.1. The highest BCUT2D eigenvalue weighted by Gasteiger charge is 2.73. The number of hydrogen-bond acceptors (Lipinski definition) is 4. The maximum Gasteiger partial charge on any atom is 0.459 e. The van der Waals surface area contributed by atoms with Gasteiger partial charge in [-0.2, -0.15) is 30.7 Å². The molecule has 3 rings (SSSR count). The summed E-state index contributed by atoms with van der Waals surface area (Å²) in [5.74, 6) is -12.9. The lowest BCUT2D eigenvalue weighted by molar-refractivity contribution is -0.361. The number of halogens is 8. The fraction of sp³-hybridized carbons (Fsp3) is 0.250. The van der Waals surface area contributed by atoms with Gasteiger partial charge in [0.15, 0.2) is 5.82 Å².